The van der Waals surface area contributed by atoms with E-state index in [1.807, 2.05) is 0 Å². The van der Waals surface area contributed by atoms with Crippen LogP contribution in [0.15, 0.2) is 0 Å². The number of halogens is 3. The lowest BCUT2D eigenvalue weighted by atomic mass is 11.7. The van der Waals surface area contributed by atoms with E-state index in [4.69, 9.17) is 4.55 Å². The zero-order chi connectivity index (χ0) is 7.00. The molecule has 1 N–H and O–H groups in total. The molecule has 0 atom stereocenters. The smallest absolute Gasteiger partial charge is 0.280 e. The first-order valence-corrected chi connectivity index (χ1v) is 3.81. The summed E-state index contributed by atoms with van der Waals surface area (Å²) in [6.45, 7) is 0. The average molecular weight is 258 g/mol. The predicted octanol–water partition coefficient (Wildman–Crippen LogP) is 0.860. The summed E-state index contributed by atoms with van der Waals surface area (Å²) < 4.78 is 45.2. The van der Waals surface area contributed by atoms with Crippen LogP contribution in [0.5, 0.6) is 0 Å². The third-order valence-electron chi connectivity index (χ3n) is 0.292. The molecule has 0 heterocycles. The molecule has 0 aliphatic carbocycles. The van der Waals surface area contributed by atoms with Crippen molar-refractivity contribution in [2.75, 3.05) is 0 Å². The first kappa shape index (κ1) is 8.50. The Balaban J connectivity index is 4.53. The van der Waals surface area contributed by atoms with Gasteiger partial charge < -0.3 is 0 Å². The summed E-state index contributed by atoms with van der Waals surface area (Å²) >= 11 is 0.312. The van der Waals surface area contributed by atoms with Crippen molar-refractivity contribution in [3.63, 3.8) is 0 Å². The van der Waals surface area contributed by atoms with Gasteiger partial charge in [0.25, 0.3) is 0 Å². The molecule has 0 aromatic rings. The van der Waals surface area contributed by atoms with Gasteiger partial charge in [0.15, 0.2) is 0 Å². The fraction of sp³-hybridized carbons (Fsp3) is 1.00. The van der Waals surface area contributed by atoms with E-state index in [0.717, 1.165) is 0 Å². The van der Waals surface area contributed by atoms with Gasteiger partial charge in [0.1, 0.15) is 0 Å². The number of rotatable bonds is 1. The van der Waals surface area contributed by atoms with Crippen LogP contribution >= 0.6 is 22.6 Å². The minimum atomic E-state index is -5.19. The Kier molecular flexibility index (Phi) is 2.15. The third kappa shape index (κ3) is 2.18. The van der Waals surface area contributed by atoms with Crippen LogP contribution in [0.2, 0.25) is 0 Å². The van der Waals surface area contributed by atoms with Crippen LogP contribution in [0.25, 0.3) is 0 Å². The molecule has 0 saturated carbocycles. The molecule has 0 fully saturated rings. The van der Waals surface area contributed by atoms with E-state index in [-0.39, 0.29) is 0 Å². The Morgan fingerprint density at radius 3 is 1.62 bits per heavy atom. The van der Waals surface area contributed by atoms with Crippen LogP contribution in [0.3, 0.4) is 0 Å². The van der Waals surface area contributed by atoms with E-state index in [0.29, 0.717) is 22.6 Å². The van der Waals surface area contributed by atoms with Crippen molar-refractivity contribution in [1.29, 1.82) is 0 Å². The Labute approximate surface area is 58.0 Å². The lowest BCUT2D eigenvalue weighted by Crippen LogP contribution is -2.19. The highest BCUT2D eigenvalue weighted by atomic mass is 127. The van der Waals surface area contributed by atoms with Gasteiger partial charge in [-0.15, -0.1) is 0 Å². The van der Waals surface area contributed by atoms with E-state index in [9.17, 15) is 17.2 Å². The van der Waals surface area contributed by atoms with Crippen molar-refractivity contribution in [3.05, 3.63) is 0 Å². The van der Waals surface area contributed by atoms with Gasteiger partial charge in [0, 0.05) is 22.6 Å². The Bertz CT molecular complexity index is 166. The van der Waals surface area contributed by atoms with E-state index >= 15 is 0 Å². The van der Waals surface area contributed by atoms with Crippen LogP contribution in [0, 0.1) is 0 Å². The molecule has 3 nitrogen and oxygen atoms in total. The summed E-state index contributed by atoms with van der Waals surface area (Å²) in [4.78, 5) is 0. The monoisotopic (exact) mass is 258 g/mol. The van der Waals surface area contributed by atoms with E-state index < -0.39 is 13.4 Å². The van der Waals surface area contributed by atoms with E-state index in [1.54, 1.807) is 0 Å². The second-order valence-electron chi connectivity index (χ2n) is 0.921. The molecule has 0 bridgehead atoms. The molecule has 8 heavy (non-hydrogen) atoms. The molecule has 50 valence electrons. The van der Waals surface area contributed by atoms with Gasteiger partial charge in [-0.25, -0.2) is 0 Å². The molecular weight excluding hydrogens is 257 g/mol. The second-order valence-corrected chi connectivity index (χ2v) is 4.47. The fourth-order valence-corrected chi connectivity index (χ4v) is 0. The normalized spacial score (nSPS) is 14.0. The highest BCUT2D eigenvalue weighted by Gasteiger charge is 2.40. The van der Waals surface area contributed by atoms with Crippen molar-refractivity contribution in [2.24, 2.45) is 0 Å². The van der Waals surface area contributed by atoms with Gasteiger partial charge in [-0.2, -0.15) is 17.2 Å². The number of hydrogen-bond donors (Lipinski definition) is 1. The Morgan fingerprint density at radius 1 is 1.50 bits per heavy atom. The molecule has 0 rings (SSSR count). The Morgan fingerprint density at radius 2 is 1.62 bits per heavy atom. The quantitative estimate of drug-likeness (QED) is 0.431. The molecule has 0 aromatic carbocycles. The maximum absolute atomic E-state index is 11.4. The summed E-state index contributed by atoms with van der Waals surface area (Å²) in [5.74, 6) is 0. The summed E-state index contributed by atoms with van der Waals surface area (Å²) in [7, 11) is -5.19. The molecular formula is CHF2IO3S. The minimum absolute atomic E-state index is 0.312. The van der Waals surface area contributed by atoms with Crippen molar-refractivity contribution in [1.82, 2.24) is 0 Å². The first-order valence-electron chi connectivity index (χ1n) is 1.29. The Hall–Kier alpha value is 0.500. The number of alkyl halides is 3. The summed E-state index contributed by atoms with van der Waals surface area (Å²) in [5, 5.41) is 0. The van der Waals surface area contributed by atoms with Crippen LogP contribution in [-0.4, -0.2) is 16.2 Å². The molecule has 0 saturated heterocycles. The van der Waals surface area contributed by atoms with Crippen LogP contribution in [0.4, 0.5) is 8.78 Å². The van der Waals surface area contributed by atoms with E-state index in [2.05, 4.69) is 0 Å². The summed E-state index contributed by atoms with van der Waals surface area (Å²) in [5.41, 5.74) is 0. The zero-order valence-corrected chi connectivity index (χ0v) is 6.28. The molecule has 0 aliphatic rings. The molecule has 0 aliphatic heterocycles. The van der Waals surface area contributed by atoms with Crippen LogP contribution < -0.4 is 0 Å². The van der Waals surface area contributed by atoms with Crippen LogP contribution in [0.1, 0.15) is 0 Å². The van der Waals surface area contributed by atoms with Gasteiger partial charge in [-0.3, -0.25) is 4.55 Å². The molecule has 7 heteroatoms. The van der Waals surface area contributed by atoms with Crippen LogP contribution in [-0.2, 0) is 10.1 Å². The largest absolute Gasteiger partial charge is 0.418 e. The maximum atomic E-state index is 11.4. The molecule has 0 unspecified atom stereocenters. The predicted molar refractivity (Wildman–Crippen MR) is 30.5 cm³/mol. The summed E-state index contributed by atoms with van der Waals surface area (Å²) in [6, 6.07) is 0. The number of hydrogen-bond acceptors (Lipinski definition) is 2. The standard InChI is InChI=1S/CHF2IO3S/c2-1(3,4)8(5,6)7/h(H,5,6,7). The van der Waals surface area contributed by atoms with Crippen molar-refractivity contribution >= 4 is 32.7 Å². The fourth-order valence-electron chi connectivity index (χ4n) is 0. The minimum Gasteiger partial charge on any atom is -0.280 e. The first-order chi connectivity index (χ1) is 3.25. The molecule has 0 spiro atoms. The topological polar surface area (TPSA) is 54.4 Å². The van der Waals surface area contributed by atoms with Crippen molar-refractivity contribution in [3.8, 4) is 0 Å². The van der Waals surface area contributed by atoms with Crippen molar-refractivity contribution in [2.45, 2.75) is 3.26 Å². The average Bonchev–Trinajstić information content (AvgIpc) is 1.25. The molecule has 0 amide bonds. The van der Waals surface area contributed by atoms with Gasteiger partial charge in [-0.1, -0.05) is 0 Å². The van der Waals surface area contributed by atoms with E-state index in [1.165, 1.54) is 0 Å². The second kappa shape index (κ2) is 2.03. The highest BCUT2D eigenvalue weighted by molar-refractivity contribution is 14.1. The van der Waals surface area contributed by atoms with Gasteiger partial charge >= 0.3 is 13.4 Å². The SMILES string of the molecule is O=S(=O)(O)C(F)(F)I. The summed E-state index contributed by atoms with van der Waals surface area (Å²) in [6.07, 6.45) is 0. The van der Waals surface area contributed by atoms with Gasteiger partial charge in [-0.05, 0) is 0 Å². The van der Waals surface area contributed by atoms with Crippen molar-refractivity contribution < 1.29 is 21.8 Å². The molecule has 0 radical (unpaired) electrons. The van der Waals surface area contributed by atoms with Gasteiger partial charge in [0.2, 0.25) is 0 Å². The maximum Gasteiger partial charge on any atom is 0.418 e. The highest BCUT2D eigenvalue weighted by Crippen LogP contribution is 2.27. The third-order valence-corrected chi connectivity index (χ3v) is 2.55. The lowest BCUT2D eigenvalue weighted by Gasteiger charge is -2.00. The van der Waals surface area contributed by atoms with Gasteiger partial charge in [0.05, 0.1) is 0 Å². The molecule has 0 aromatic heterocycles. The lowest BCUT2D eigenvalue weighted by molar-refractivity contribution is 0.199. The zero-order valence-electron chi connectivity index (χ0n) is 3.31.